The molecule has 0 aromatic rings. The third kappa shape index (κ3) is 3.38. The van der Waals surface area contributed by atoms with Crippen LogP contribution in [0.3, 0.4) is 0 Å². The number of nitrogens with one attached hydrogen (secondary N) is 1. The Kier molecular flexibility index (Phi) is 4.32. The van der Waals surface area contributed by atoms with E-state index in [-0.39, 0.29) is 0 Å². The van der Waals surface area contributed by atoms with Gasteiger partial charge in [0.15, 0.2) is 0 Å². The van der Waals surface area contributed by atoms with Crippen molar-refractivity contribution in [2.24, 2.45) is 5.92 Å². The first-order valence-electron chi connectivity index (χ1n) is 5.92. The summed E-state index contributed by atoms with van der Waals surface area (Å²) in [5.74, 6) is 3.64. The lowest BCUT2D eigenvalue weighted by Crippen LogP contribution is -2.37. The van der Waals surface area contributed by atoms with E-state index < -0.39 is 0 Å². The fraction of sp³-hybridized carbons (Fsp3) is 0.909. The number of hydrogen-bond acceptors (Lipinski definition) is 3. The second-order valence-electron chi connectivity index (χ2n) is 4.42. The van der Waals surface area contributed by atoms with Crippen LogP contribution in [-0.4, -0.2) is 48.5 Å². The summed E-state index contributed by atoms with van der Waals surface area (Å²) in [6, 6.07) is 0. The first-order valence-corrected chi connectivity index (χ1v) is 7.08. The highest BCUT2D eigenvalue weighted by Crippen LogP contribution is 2.23. The van der Waals surface area contributed by atoms with E-state index in [2.05, 4.69) is 10.2 Å². The molecule has 0 aromatic heterocycles. The lowest BCUT2D eigenvalue weighted by atomic mass is 10.0. The lowest BCUT2D eigenvalue weighted by molar-refractivity contribution is -0.130. The van der Waals surface area contributed by atoms with E-state index in [9.17, 15) is 4.79 Å². The van der Waals surface area contributed by atoms with Crippen molar-refractivity contribution < 1.29 is 4.79 Å². The van der Waals surface area contributed by atoms with Gasteiger partial charge < -0.3 is 10.2 Å². The van der Waals surface area contributed by atoms with Crippen molar-refractivity contribution >= 4 is 17.7 Å². The Morgan fingerprint density at radius 2 is 2.40 bits per heavy atom. The minimum atomic E-state index is 0.343. The van der Waals surface area contributed by atoms with Crippen LogP contribution in [0, 0.1) is 5.92 Å². The van der Waals surface area contributed by atoms with Crippen LogP contribution in [-0.2, 0) is 4.79 Å². The standard InChI is InChI=1S/C11H20N2OS/c14-11-3-4-12-5-6-13(11)8-10-2-1-7-15-9-10/h10,12H,1-9H2. The minimum Gasteiger partial charge on any atom is -0.341 e. The van der Waals surface area contributed by atoms with E-state index in [1.165, 1.54) is 24.3 Å². The van der Waals surface area contributed by atoms with Crippen LogP contribution in [0.15, 0.2) is 0 Å². The molecular formula is C11H20N2OS. The summed E-state index contributed by atoms with van der Waals surface area (Å²) in [7, 11) is 0. The summed E-state index contributed by atoms with van der Waals surface area (Å²) in [5, 5.41) is 3.28. The smallest absolute Gasteiger partial charge is 0.223 e. The quantitative estimate of drug-likeness (QED) is 0.764. The van der Waals surface area contributed by atoms with Gasteiger partial charge in [-0.15, -0.1) is 0 Å². The molecule has 4 heteroatoms. The van der Waals surface area contributed by atoms with Gasteiger partial charge in [-0.25, -0.2) is 0 Å². The molecule has 0 aliphatic carbocycles. The molecule has 2 aliphatic heterocycles. The van der Waals surface area contributed by atoms with Gasteiger partial charge in [0, 0.05) is 32.6 Å². The third-order valence-electron chi connectivity index (χ3n) is 3.16. The second-order valence-corrected chi connectivity index (χ2v) is 5.57. The second kappa shape index (κ2) is 5.75. The van der Waals surface area contributed by atoms with E-state index in [4.69, 9.17) is 0 Å². The molecule has 2 saturated heterocycles. The molecule has 15 heavy (non-hydrogen) atoms. The lowest BCUT2D eigenvalue weighted by Gasteiger charge is -2.28. The fourth-order valence-corrected chi connectivity index (χ4v) is 3.42. The number of carbonyl (C=O) groups excluding carboxylic acids is 1. The Morgan fingerprint density at radius 3 is 3.20 bits per heavy atom. The molecule has 1 N–H and O–H groups in total. The van der Waals surface area contributed by atoms with Crippen molar-refractivity contribution in [2.45, 2.75) is 19.3 Å². The van der Waals surface area contributed by atoms with Crippen molar-refractivity contribution in [3.8, 4) is 0 Å². The van der Waals surface area contributed by atoms with Crippen molar-refractivity contribution in [1.29, 1.82) is 0 Å². The summed E-state index contributed by atoms with van der Waals surface area (Å²) >= 11 is 2.04. The Bertz CT molecular complexity index is 217. The van der Waals surface area contributed by atoms with Gasteiger partial charge in [0.1, 0.15) is 0 Å². The molecule has 0 saturated carbocycles. The number of rotatable bonds is 2. The Morgan fingerprint density at radius 1 is 1.47 bits per heavy atom. The molecule has 2 fully saturated rings. The van der Waals surface area contributed by atoms with E-state index in [0.29, 0.717) is 12.3 Å². The molecule has 0 bridgehead atoms. The predicted molar refractivity (Wildman–Crippen MR) is 64.1 cm³/mol. The van der Waals surface area contributed by atoms with Crippen molar-refractivity contribution in [2.75, 3.05) is 37.7 Å². The Labute approximate surface area is 96.0 Å². The summed E-state index contributed by atoms with van der Waals surface area (Å²) in [6.07, 6.45) is 3.32. The monoisotopic (exact) mass is 228 g/mol. The molecule has 1 amide bonds. The molecule has 0 spiro atoms. The van der Waals surface area contributed by atoms with Crippen LogP contribution < -0.4 is 5.32 Å². The largest absolute Gasteiger partial charge is 0.341 e. The number of thioether (sulfide) groups is 1. The molecule has 2 aliphatic rings. The molecule has 2 rings (SSSR count). The first kappa shape index (κ1) is 11.3. The van der Waals surface area contributed by atoms with Crippen LogP contribution in [0.2, 0.25) is 0 Å². The number of amides is 1. The van der Waals surface area contributed by atoms with Gasteiger partial charge in [-0.05, 0) is 30.3 Å². The highest BCUT2D eigenvalue weighted by molar-refractivity contribution is 7.99. The molecule has 0 aromatic carbocycles. The third-order valence-corrected chi connectivity index (χ3v) is 4.44. The van der Waals surface area contributed by atoms with E-state index in [1.54, 1.807) is 0 Å². The van der Waals surface area contributed by atoms with Crippen LogP contribution in [0.25, 0.3) is 0 Å². The molecule has 1 unspecified atom stereocenters. The zero-order chi connectivity index (χ0) is 10.5. The molecule has 3 nitrogen and oxygen atoms in total. The average molecular weight is 228 g/mol. The van der Waals surface area contributed by atoms with Gasteiger partial charge in [0.25, 0.3) is 0 Å². The zero-order valence-electron chi connectivity index (χ0n) is 9.21. The SMILES string of the molecule is O=C1CCNCCN1CC1CCCSC1. The number of nitrogens with zero attached hydrogens (tertiary/aromatic N) is 1. The fourth-order valence-electron chi connectivity index (χ4n) is 2.27. The highest BCUT2D eigenvalue weighted by Gasteiger charge is 2.21. The van der Waals surface area contributed by atoms with Gasteiger partial charge in [0.2, 0.25) is 5.91 Å². The van der Waals surface area contributed by atoms with Crippen LogP contribution >= 0.6 is 11.8 Å². The summed E-state index contributed by atoms with van der Waals surface area (Å²) in [6.45, 7) is 3.72. The molecule has 2 heterocycles. The highest BCUT2D eigenvalue weighted by atomic mass is 32.2. The number of hydrogen-bond donors (Lipinski definition) is 1. The van der Waals surface area contributed by atoms with E-state index in [0.717, 1.165) is 32.1 Å². The van der Waals surface area contributed by atoms with Gasteiger partial charge in [-0.1, -0.05) is 0 Å². The maximum Gasteiger partial charge on any atom is 0.223 e. The van der Waals surface area contributed by atoms with E-state index in [1.807, 2.05) is 11.8 Å². The van der Waals surface area contributed by atoms with Crippen molar-refractivity contribution in [3.05, 3.63) is 0 Å². The van der Waals surface area contributed by atoms with E-state index >= 15 is 0 Å². The Hall–Kier alpha value is -0.220. The molecular weight excluding hydrogens is 208 g/mol. The maximum atomic E-state index is 11.8. The van der Waals surface area contributed by atoms with Crippen LogP contribution in [0.4, 0.5) is 0 Å². The topological polar surface area (TPSA) is 32.3 Å². The van der Waals surface area contributed by atoms with Crippen LogP contribution in [0.5, 0.6) is 0 Å². The van der Waals surface area contributed by atoms with Crippen LogP contribution in [0.1, 0.15) is 19.3 Å². The minimum absolute atomic E-state index is 0.343. The molecule has 86 valence electrons. The molecule has 1 atom stereocenters. The maximum absolute atomic E-state index is 11.8. The Balaban J connectivity index is 1.82. The van der Waals surface area contributed by atoms with Crippen molar-refractivity contribution in [3.63, 3.8) is 0 Å². The van der Waals surface area contributed by atoms with Gasteiger partial charge in [-0.3, -0.25) is 4.79 Å². The average Bonchev–Trinajstić information content (AvgIpc) is 2.46. The summed E-state index contributed by atoms with van der Waals surface area (Å²) in [5.41, 5.74) is 0. The van der Waals surface area contributed by atoms with Gasteiger partial charge >= 0.3 is 0 Å². The predicted octanol–water partition coefficient (Wildman–Crippen LogP) is 0.952. The summed E-state index contributed by atoms with van der Waals surface area (Å²) < 4.78 is 0. The summed E-state index contributed by atoms with van der Waals surface area (Å²) in [4.78, 5) is 13.8. The number of carbonyl (C=O) groups is 1. The normalized spacial score (nSPS) is 28.9. The first-order chi connectivity index (χ1) is 7.36. The van der Waals surface area contributed by atoms with Crippen molar-refractivity contribution in [1.82, 2.24) is 10.2 Å². The van der Waals surface area contributed by atoms with Gasteiger partial charge in [-0.2, -0.15) is 11.8 Å². The zero-order valence-corrected chi connectivity index (χ0v) is 10.0. The van der Waals surface area contributed by atoms with Gasteiger partial charge in [0.05, 0.1) is 0 Å². The molecule has 0 radical (unpaired) electrons.